The van der Waals surface area contributed by atoms with Gasteiger partial charge in [0.25, 0.3) is 0 Å². The Labute approximate surface area is 193 Å². The van der Waals surface area contributed by atoms with Gasteiger partial charge in [-0.15, -0.1) is 0 Å². The quantitative estimate of drug-likeness (QED) is 0.427. The van der Waals surface area contributed by atoms with Gasteiger partial charge < -0.3 is 14.1 Å². The molecule has 1 aliphatic heterocycles. The third-order valence-corrected chi connectivity index (χ3v) is 6.56. The molecular formula is C27H29N3O3. The first kappa shape index (κ1) is 21.5. The number of amides is 1. The molecule has 1 fully saturated rings. The van der Waals surface area contributed by atoms with Crippen LogP contribution in [0, 0.1) is 0 Å². The minimum Gasteiger partial charge on any atom is -0.497 e. The highest BCUT2D eigenvalue weighted by Crippen LogP contribution is 2.30. The zero-order chi connectivity index (χ0) is 22.8. The van der Waals surface area contributed by atoms with Crippen LogP contribution in [0.4, 0.5) is 0 Å². The summed E-state index contributed by atoms with van der Waals surface area (Å²) < 4.78 is 11.3. The number of piperidine rings is 1. The lowest BCUT2D eigenvalue weighted by Crippen LogP contribution is -2.41. The summed E-state index contributed by atoms with van der Waals surface area (Å²) >= 11 is 0. The highest BCUT2D eigenvalue weighted by atomic mass is 16.5. The molecule has 5 rings (SSSR count). The van der Waals surface area contributed by atoms with Crippen molar-refractivity contribution in [3.8, 4) is 5.75 Å². The fraction of sp³-hybridized carbons (Fsp3) is 0.333. The van der Waals surface area contributed by atoms with E-state index in [1.165, 1.54) is 0 Å². The first-order chi connectivity index (χ1) is 16.1. The molecule has 0 spiro atoms. The van der Waals surface area contributed by atoms with Crippen LogP contribution in [0.5, 0.6) is 5.75 Å². The monoisotopic (exact) mass is 443 g/mol. The summed E-state index contributed by atoms with van der Waals surface area (Å²) in [6, 6.07) is 20.3. The Morgan fingerprint density at radius 3 is 2.64 bits per heavy atom. The Morgan fingerprint density at radius 1 is 1.09 bits per heavy atom. The molecule has 1 amide bonds. The predicted octanol–water partition coefficient (Wildman–Crippen LogP) is 4.83. The zero-order valence-corrected chi connectivity index (χ0v) is 19.2. The van der Waals surface area contributed by atoms with Crippen LogP contribution in [0.2, 0.25) is 0 Å². The second kappa shape index (κ2) is 9.24. The van der Waals surface area contributed by atoms with Crippen molar-refractivity contribution < 1.29 is 13.9 Å². The second-order valence-corrected chi connectivity index (χ2v) is 8.87. The van der Waals surface area contributed by atoms with Gasteiger partial charge in [0.2, 0.25) is 5.91 Å². The number of carbonyl (C=O) groups is 1. The fourth-order valence-electron chi connectivity index (χ4n) is 4.58. The number of hydrogen-bond donors (Lipinski definition) is 0. The molecule has 1 aromatic heterocycles. The zero-order valence-electron chi connectivity index (χ0n) is 19.2. The van der Waals surface area contributed by atoms with Crippen molar-refractivity contribution in [2.24, 2.45) is 0 Å². The van der Waals surface area contributed by atoms with Crippen LogP contribution < -0.4 is 4.74 Å². The highest BCUT2D eigenvalue weighted by Gasteiger charge is 2.26. The van der Waals surface area contributed by atoms with E-state index in [2.05, 4.69) is 34.1 Å². The van der Waals surface area contributed by atoms with Crippen molar-refractivity contribution in [1.29, 1.82) is 0 Å². The number of nitrogens with zero attached hydrogens (tertiary/aromatic N) is 3. The van der Waals surface area contributed by atoms with E-state index in [1.807, 2.05) is 48.3 Å². The van der Waals surface area contributed by atoms with Gasteiger partial charge in [-0.05, 0) is 72.6 Å². The average Bonchev–Trinajstić information content (AvgIpc) is 3.28. The molecule has 1 saturated heterocycles. The molecule has 33 heavy (non-hydrogen) atoms. The molecule has 0 radical (unpaired) electrons. The van der Waals surface area contributed by atoms with E-state index in [0.29, 0.717) is 19.0 Å². The summed E-state index contributed by atoms with van der Waals surface area (Å²) in [5, 5.41) is 2.28. The normalized spacial score (nSPS) is 15.2. The van der Waals surface area contributed by atoms with Gasteiger partial charge in [0.15, 0.2) is 11.5 Å². The number of benzene rings is 3. The van der Waals surface area contributed by atoms with Gasteiger partial charge in [-0.2, -0.15) is 0 Å². The minimum atomic E-state index is 0.144. The molecule has 170 valence electrons. The Morgan fingerprint density at radius 2 is 1.85 bits per heavy atom. The predicted molar refractivity (Wildman–Crippen MR) is 129 cm³/mol. The SMILES string of the molecule is COc1ccc2cc(CN(C)C(=O)CN3CCC(c4nc5ccccc5o4)CC3)ccc2c1. The van der Waals surface area contributed by atoms with E-state index in [1.54, 1.807) is 7.11 Å². The lowest BCUT2D eigenvalue weighted by Gasteiger charge is -2.31. The van der Waals surface area contributed by atoms with E-state index in [4.69, 9.17) is 9.15 Å². The molecule has 6 heteroatoms. The molecule has 1 aliphatic rings. The average molecular weight is 444 g/mol. The minimum absolute atomic E-state index is 0.144. The molecule has 0 aliphatic carbocycles. The van der Waals surface area contributed by atoms with Gasteiger partial charge in [-0.3, -0.25) is 9.69 Å². The smallest absolute Gasteiger partial charge is 0.236 e. The second-order valence-electron chi connectivity index (χ2n) is 8.87. The fourth-order valence-corrected chi connectivity index (χ4v) is 4.58. The van der Waals surface area contributed by atoms with Crippen molar-refractivity contribution >= 4 is 27.8 Å². The maximum atomic E-state index is 12.9. The van der Waals surface area contributed by atoms with Crippen LogP contribution in [0.3, 0.4) is 0 Å². The summed E-state index contributed by atoms with van der Waals surface area (Å²) in [4.78, 5) is 21.6. The van der Waals surface area contributed by atoms with Crippen LogP contribution in [0.25, 0.3) is 21.9 Å². The molecule has 3 aromatic carbocycles. The van der Waals surface area contributed by atoms with Crippen LogP contribution in [0.15, 0.2) is 65.1 Å². The first-order valence-corrected chi connectivity index (χ1v) is 11.5. The highest BCUT2D eigenvalue weighted by molar-refractivity contribution is 5.85. The maximum Gasteiger partial charge on any atom is 0.236 e. The summed E-state index contributed by atoms with van der Waals surface area (Å²) in [7, 11) is 3.56. The number of ether oxygens (including phenoxy) is 1. The van der Waals surface area contributed by atoms with Crippen LogP contribution in [-0.2, 0) is 11.3 Å². The van der Waals surface area contributed by atoms with Crippen molar-refractivity contribution in [2.75, 3.05) is 33.8 Å². The molecule has 0 saturated carbocycles. The summed E-state index contributed by atoms with van der Waals surface area (Å²) in [6.07, 6.45) is 1.91. The number of fused-ring (bicyclic) bond motifs is 2. The lowest BCUT2D eigenvalue weighted by molar-refractivity contribution is -0.131. The Kier molecular flexibility index (Phi) is 6.01. The van der Waals surface area contributed by atoms with Gasteiger partial charge in [-0.25, -0.2) is 4.98 Å². The Bertz CT molecular complexity index is 1240. The summed E-state index contributed by atoms with van der Waals surface area (Å²) in [5.41, 5.74) is 2.89. The lowest BCUT2D eigenvalue weighted by atomic mass is 9.97. The van der Waals surface area contributed by atoms with Crippen molar-refractivity contribution in [3.63, 3.8) is 0 Å². The van der Waals surface area contributed by atoms with Crippen LogP contribution >= 0.6 is 0 Å². The van der Waals surface area contributed by atoms with Crippen LogP contribution in [0.1, 0.15) is 30.2 Å². The number of likely N-dealkylation sites (N-methyl/N-ethyl adjacent to an activating group) is 1. The van der Waals surface area contributed by atoms with Crippen molar-refractivity contribution in [2.45, 2.75) is 25.3 Å². The van der Waals surface area contributed by atoms with E-state index in [0.717, 1.165) is 65.0 Å². The van der Waals surface area contributed by atoms with Gasteiger partial charge >= 0.3 is 0 Å². The molecule has 0 unspecified atom stereocenters. The largest absolute Gasteiger partial charge is 0.497 e. The third-order valence-electron chi connectivity index (χ3n) is 6.56. The van der Waals surface area contributed by atoms with Gasteiger partial charge in [0, 0.05) is 19.5 Å². The summed E-state index contributed by atoms with van der Waals surface area (Å²) in [5.74, 6) is 2.14. The van der Waals surface area contributed by atoms with Gasteiger partial charge in [0.05, 0.1) is 13.7 Å². The van der Waals surface area contributed by atoms with E-state index in [9.17, 15) is 4.79 Å². The van der Waals surface area contributed by atoms with Gasteiger partial charge in [-0.1, -0.05) is 30.3 Å². The standard InChI is InChI=1S/C27H29N3O3/c1-29(17-19-7-8-22-16-23(32-2)10-9-21(22)15-19)26(31)18-30-13-11-20(12-14-30)27-28-24-5-3-4-6-25(24)33-27/h3-10,15-16,20H,11-14,17-18H2,1-2H3. The molecule has 4 aromatic rings. The number of methoxy groups -OCH3 is 1. The molecule has 0 atom stereocenters. The number of oxazole rings is 1. The van der Waals surface area contributed by atoms with E-state index < -0.39 is 0 Å². The van der Waals surface area contributed by atoms with Crippen molar-refractivity contribution in [3.05, 3.63) is 72.1 Å². The number of aromatic nitrogens is 1. The molecule has 0 bridgehead atoms. The Balaban J connectivity index is 1.15. The third kappa shape index (κ3) is 4.71. The van der Waals surface area contributed by atoms with Crippen LogP contribution in [-0.4, -0.2) is 54.5 Å². The molecule has 6 nitrogen and oxygen atoms in total. The maximum absolute atomic E-state index is 12.9. The molecular weight excluding hydrogens is 414 g/mol. The first-order valence-electron chi connectivity index (χ1n) is 11.5. The topological polar surface area (TPSA) is 58.8 Å². The number of para-hydroxylation sites is 2. The van der Waals surface area contributed by atoms with Crippen molar-refractivity contribution in [1.82, 2.24) is 14.8 Å². The Hall–Kier alpha value is -3.38. The number of rotatable bonds is 6. The summed E-state index contributed by atoms with van der Waals surface area (Å²) in [6.45, 7) is 2.79. The van der Waals surface area contributed by atoms with E-state index in [-0.39, 0.29) is 5.91 Å². The van der Waals surface area contributed by atoms with E-state index >= 15 is 0 Å². The van der Waals surface area contributed by atoms with Gasteiger partial charge in [0.1, 0.15) is 11.3 Å². The number of likely N-dealkylation sites (tertiary alicyclic amines) is 1. The number of hydrogen-bond acceptors (Lipinski definition) is 5. The molecule has 2 heterocycles. The number of carbonyl (C=O) groups excluding carboxylic acids is 1. The molecule has 0 N–H and O–H groups in total.